The quantitative estimate of drug-likeness (QED) is 0.366. The molecule has 1 unspecified atom stereocenters. The van der Waals surface area contributed by atoms with Crippen molar-refractivity contribution in [2.24, 2.45) is 5.92 Å². The first kappa shape index (κ1) is 21.9. The van der Waals surface area contributed by atoms with Crippen LogP contribution in [0.3, 0.4) is 0 Å². The minimum absolute atomic E-state index is 0.310. The Bertz CT molecular complexity index is 197. The van der Waals surface area contributed by atoms with Gasteiger partial charge >= 0.3 is 5.97 Å². The molecular weight excluding hydrogens is 224 g/mol. The molecule has 0 N–H and O–H groups in total. The van der Waals surface area contributed by atoms with Gasteiger partial charge in [-0.25, -0.2) is 4.79 Å². The number of unbranched alkanes of at least 4 members (excludes halogenated alkanes) is 1. The lowest BCUT2D eigenvalue weighted by molar-refractivity contribution is -0.139. The molecule has 1 atom stereocenters. The zero-order valence-electron chi connectivity index (χ0n) is 12.4. The van der Waals surface area contributed by atoms with E-state index in [0.717, 1.165) is 12.8 Å². The van der Waals surface area contributed by atoms with Crippen molar-refractivity contribution in [1.29, 1.82) is 0 Å². The Morgan fingerprint density at radius 3 is 2.11 bits per heavy atom. The maximum absolute atomic E-state index is 10.8. The molecule has 18 heavy (non-hydrogen) atoms. The van der Waals surface area contributed by atoms with Crippen molar-refractivity contribution in [3.63, 3.8) is 0 Å². The van der Waals surface area contributed by atoms with E-state index in [1.165, 1.54) is 18.9 Å². The minimum Gasteiger partial charge on any atom is -0.462 e. The van der Waals surface area contributed by atoms with Crippen molar-refractivity contribution >= 4 is 5.97 Å². The molecule has 0 aromatic heterocycles. The topological polar surface area (TPSA) is 26.3 Å². The Balaban J connectivity index is -0.000000389. The van der Waals surface area contributed by atoms with Gasteiger partial charge in [-0.3, -0.25) is 0 Å². The van der Waals surface area contributed by atoms with E-state index in [1.54, 1.807) is 6.08 Å². The van der Waals surface area contributed by atoms with Gasteiger partial charge in [0, 0.05) is 6.08 Å². The van der Waals surface area contributed by atoms with Crippen LogP contribution in [-0.4, -0.2) is 12.6 Å². The van der Waals surface area contributed by atoms with E-state index in [4.69, 9.17) is 4.74 Å². The molecule has 0 aromatic carbocycles. The van der Waals surface area contributed by atoms with Crippen LogP contribution in [0.5, 0.6) is 0 Å². The summed E-state index contributed by atoms with van der Waals surface area (Å²) in [5, 5.41) is 0. The van der Waals surface area contributed by atoms with Gasteiger partial charge < -0.3 is 4.74 Å². The van der Waals surface area contributed by atoms with Crippen molar-refractivity contribution in [3.8, 4) is 0 Å². The third kappa shape index (κ3) is 20.1. The Morgan fingerprint density at radius 1 is 1.28 bits per heavy atom. The molecule has 0 aliphatic carbocycles. The molecule has 0 fully saturated rings. The SMILES string of the molecule is C=C.C=CC.C=CC(=O)OCC(CC)CCCC. The summed E-state index contributed by atoms with van der Waals surface area (Å²) >= 11 is 0. The summed E-state index contributed by atoms with van der Waals surface area (Å²) in [6, 6.07) is 0. The number of hydrogen-bond acceptors (Lipinski definition) is 2. The fourth-order valence-corrected chi connectivity index (χ4v) is 1.16. The van der Waals surface area contributed by atoms with E-state index >= 15 is 0 Å². The lowest BCUT2D eigenvalue weighted by Gasteiger charge is -2.13. The molecule has 0 aliphatic rings. The van der Waals surface area contributed by atoms with Crippen LogP contribution in [0.15, 0.2) is 38.5 Å². The van der Waals surface area contributed by atoms with E-state index in [-0.39, 0.29) is 5.97 Å². The molecule has 0 saturated carbocycles. The first-order valence-corrected chi connectivity index (χ1v) is 6.52. The highest BCUT2D eigenvalue weighted by Gasteiger charge is 2.07. The molecule has 0 aromatic rings. The molecule has 0 aliphatic heterocycles. The highest BCUT2D eigenvalue weighted by molar-refractivity contribution is 5.81. The van der Waals surface area contributed by atoms with Crippen LogP contribution in [0.25, 0.3) is 0 Å². The molecule has 2 nitrogen and oxygen atoms in total. The fourth-order valence-electron chi connectivity index (χ4n) is 1.16. The van der Waals surface area contributed by atoms with Gasteiger partial charge in [-0.2, -0.15) is 0 Å². The van der Waals surface area contributed by atoms with Gasteiger partial charge in [0.2, 0.25) is 0 Å². The predicted octanol–water partition coefficient (Wildman–Crippen LogP) is 4.93. The average molecular weight is 254 g/mol. The molecule has 0 spiro atoms. The largest absolute Gasteiger partial charge is 0.462 e. The second kappa shape index (κ2) is 21.0. The third-order valence-corrected chi connectivity index (χ3v) is 2.17. The summed E-state index contributed by atoms with van der Waals surface area (Å²) in [4.78, 5) is 10.8. The van der Waals surface area contributed by atoms with E-state index in [9.17, 15) is 4.79 Å². The molecule has 106 valence electrons. The molecule has 0 rings (SSSR count). The summed E-state index contributed by atoms with van der Waals surface area (Å²) in [5.74, 6) is 0.207. The third-order valence-electron chi connectivity index (χ3n) is 2.17. The Kier molecular flexibility index (Phi) is 25.6. The summed E-state index contributed by atoms with van der Waals surface area (Å²) in [6.45, 7) is 19.4. The molecule has 0 radical (unpaired) electrons. The van der Waals surface area contributed by atoms with E-state index in [2.05, 4.69) is 40.2 Å². The molecule has 0 heterocycles. The minimum atomic E-state index is -0.310. The Hall–Kier alpha value is -1.31. The van der Waals surface area contributed by atoms with Crippen LogP contribution in [-0.2, 0) is 9.53 Å². The standard InChI is InChI=1S/C11H20O2.C3H6.C2H4/c1-4-7-8-10(5-2)9-13-11(12)6-3;1-3-2;1-2/h6,10H,3-5,7-9H2,1-2H3;3H,1H2,2H3;1-2H2. The number of carbonyl (C=O) groups is 1. The van der Waals surface area contributed by atoms with Crippen molar-refractivity contribution in [3.05, 3.63) is 38.5 Å². The highest BCUT2D eigenvalue weighted by atomic mass is 16.5. The van der Waals surface area contributed by atoms with Gasteiger partial charge in [0.1, 0.15) is 0 Å². The normalized spacial score (nSPS) is 9.72. The number of ether oxygens (including phenoxy) is 1. The van der Waals surface area contributed by atoms with Crippen molar-refractivity contribution < 1.29 is 9.53 Å². The van der Waals surface area contributed by atoms with E-state index in [1.807, 2.05) is 6.92 Å². The molecule has 0 bridgehead atoms. The second-order valence-corrected chi connectivity index (χ2v) is 3.66. The van der Waals surface area contributed by atoms with Crippen molar-refractivity contribution in [2.75, 3.05) is 6.61 Å². The Labute approximate surface area is 113 Å². The first-order valence-electron chi connectivity index (χ1n) is 6.52. The van der Waals surface area contributed by atoms with E-state index < -0.39 is 0 Å². The summed E-state index contributed by atoms with van der Waals surface area (Å²) in [7, 11) is 0. The highest BCUT2D eigenvalue weighted by Crippen LogP contribution is 2.12. The van der Waals surface area contributed by atoms with Gasteiger partial charge in [-0.1, -0.05) is 45.8 Å². The number of esters is 1. The van der Waals surface area contributed by atoms with Crippen LogP contribution in [0.4, 0.5) is 0 Å². The monoisotopic (exact) mass is 254 g/mol. The predicted molar refractivity (Wildman–Crippen MR) is 81.6 cm³/mol. The lowest BCUT2D eigenvalue weighted by Crippen LogP contribution is -2.12. The smallest absolute Gasteiger partial charge is 0.330 e. The lowest BCUT2D eigenvalue weighted by atomic mass is 10.0. The average Bonchev–Trinajstić information content (AvgIpc) is 2.41. The summed E-state index contributed by atoms with van der Waals surface area (Å²) in [6.07, 6.45) is 7.60. The number of allylic oxidation sites excluding steroid dienone is 1. The van der Waals surface area contributed by atoms with Crippen LogP contribution in [0, 0.1) is 5.92 Å². The maximum atomic E-state index is 10.8. The van der Waals surface area contributed by atoms with Gasteiger partial charge in [0.05, 0.1) is 6.61 Å². The van der Waals surface area contributed by atoms with Gasteiger partial charge in [-0.05, 0) is 19.3 Å². The molecule has 0 amide bonds. The summed E-state index contributed by atoms with van der Waals surface area (Å²) < 4.78 is 4.98. The van der Waals surface area contributed by atoms with Gasteiger partial charge in [0.25, 0.3) is 0 Å². The van der Waals surface area contributed by atoms with Crippen LogP contribution < -0.4 is 0 Å². The van der Waals surface area contributed by atoms with Gasteiger partial charge in [0.15, 0.2) is 0 Å². The number of carbonyl (C=O) groups excluding carboxylic acids is 1. The van der Waals surface area contributed by atoms with Crippen LogP contribution >= 0.6 is 0 Å². The Morgan fingerprint density at radius 2 is 1.78 bits per heavy atom. The molecule has 0 saturated heterocycles. The van der Waals surface area contributed by atoms with E-state index in [0.29, 0.717) is 12.5 Å². The van der Waals surface area contributed by atoms with Crippen LogP contribution in [0.1, 0.15) is 46.5 Å². The number of rotatable bonds is 7. The second-order valence-electron chi connectivity index (χ2n) is 3.66. The van der Waals surface area contributed by atoms with Gasteiger partial charge in [-0.15, -0.1) is 19.7 Å². The molecular formula is C16H30O2. The number of hydrogen-bond donors (Lipinski definition) is 0. The molecule has 2 heteroatoms. The fraction of sp³-hybridized carbons (Fsp3) is 0.562. The van der Waals surface area contributed by atoms with Crippen molar-refractivity contribution in [2.45, 2.75) is 46.5 Å². The zero-order chi connectivity index (χ0) is 14.8. The summed E-state index contributed by atoms with van der Waals surface area (Å²) in [5.41, 5.74) is 0. The van der Waals surface area contributed by atoms with Crippen LogP contribution in [0.2, 0.25) is 0 Å². The van der Waals surface area contributed by atoms with Crippen molar-refractivity contribution in [1.82, 2.24) is 0 Å². The zero-order valence-corrected chi connectivity index (χ0v) is 12.4. The maximum Gasteiger partial charge on any atom is 0.330 e. The first-order chi connectivity index (χ1) is 8.65.